The molecule has 7 heteroatoms. The fourth-order valence-electron chi connectivity index (χ4n) is 2.21. The number of sulfonamides is 1. The Hall–Kier alpha value is -1.44. The molecule has 1 aromatic carbocycles. The number of aryl methyl sites for hydroxylation is 1. The molecule has 0 bridgehead atoms. The molecule has 2 N–H and O–H groups in total. The number of rotatable bonds is 3. The summed E-state index contributed by atoms with van der Waals surface area (Å²) in [6.07, 6.45) is 0.648. The summed E-state index contributed by atoms with van der Waals surface area (Å²) in [5.41, 5.74) is 6.68. The third-order valence-electron chi connectivity index (χ3n) is 3.44. The highest BCUT2D eigenvalue weighted by atomic mass is 32.2. The van der Waals surface area contributed by atoms with Crippen molar-refractivity contribution in [1.82, 2.24) is 4.31 Å². The summed E-state index contributed by atoms with van der Waals surface area (Å²) < 4.78 is 31.0. The minimum absolute atomic E-state index is 0.0950. The van der Waals surface area contributed by atoms with Gasteiger partial charge in [0, 0.05) is 19.1 Å². The van der Waals surface area contributed by atoms with Gasteiger partial charge < -0.3 is 10.5 Å². The minimum atomic E-state index is -3.61. The van der Waals surface area contributed by atoms with E-state index in [9.17, 15) is 13.2 Å². The van der Waals surface area contributed by atoms with Crippen molar-refractivity contribution in [2.45, 2.75) is 24.3 Å². The molecule has 0 amide bonds. The largest absolute Gasteiger partial charge is 0.465 e. The van der Waals surface area contributed by atoms with Gasteiger partial charge in [0.05, 0.1) is 17.6 Å². The first-order valence-electron chi connectivity index (χ1n) is 6.31. The second kappa shape index (κ2) is 5.51. The van der Waals surface area contributed by atoms with Gasteiger partial charge in [0.25, 0.3) is 0 Å². The Morgan fingerprint density at radius 1 is 1.45 bits per heavy atom. The van der Waals surface area contributed by atoms with Crippen molar-refractivity contribution in [2.24, 2.45) is 5.73 Å². The topological polar surface area (TPSA) is 89.7 Å². The van der Waals surface area contributed by atoms with Gasteiger partial charge in [-0.25, -0.2) is 13.2 Å². The zero-order chi connectivity index (χ0) is 14.9. The zero-order valence-electron chi connectivity index (χ0n) is 11.5. The summed E-state index contributed by atoms with van der Waals surface area (Å²) >= 11 is 0. The van der Waals surface area contributed by atoms with Gasteiger partial charge in [0.1, 0.15) is 0 Å². The van der Waals surface area contributed by atoms with Crippen LogP contribution in [0, 0.1) is 6.92 Å². The third-order valence-corrected chi connectivity index (χ3v) is 5.30. The van der Waals surface area contributed by atoms with Crippen LogP contribution in [0.25, 0.3) is 0 Å². The molecule has 1 atom stereocenters. The van der Waals surface area contributed by atoms with E-state index < -0.39 is 16.0 Å². The molecule has 0 saturated carbocycles. The lowest BCUT2D eigenvalue weighted by molar-refractivity contribution is 0.0599. The molecule has 0 aromatic heterocycles. The van der Waals surface area contributed by atoms with Crippen LogP contribution in [-0.2, 0) is 14.8 Å². The second-order valence-electron chi connectivity index (χ2n) is 4.88. The van der Waals surface area contributed by atoms with Gasteiger partial charge in [-0.1, -0.05) is 6.07 Å². The summed E-state index contributed by atoms with van der Waals surface area (Å²) in [6.45, 7) is 2.45. The molecular formula is C13H18N2O4S. The lowest BCUT2D eigenvalue weighted by Gasteiger charge is -2.16. The molecule has 0 spiro atoms. The Morgan fingerprint density at radius 2 is 2.15 bits per heavy atom. The number of carbonyl (C=O) groups is 1. The van der Waals surface area contributed by atoms with Crippen LogP contribution in [0.3, 0.4) is 0 Å². The fraction of sp³-hybridized carbons (Fsp3) is 0.462. The number of carbonyl (C=O) groups excluding carboxylic acids is 1. The summed E-state index contributed by atoms with van der Waals surface area (Å²) in [7, 11) is -2.34. The summed E-state index contributed by atoms with van der Waals surface area (Å²) in [4.78, 5) is 11.7. The van der Waals surface area contributed by atoms with E-state index in [0.717, 1.165) is 0 Å². The van der Waals surface area contributed by atoms with Crippen molar-refractivity contribution in [2.75, 3.05) is 20.2 Å². The minimum Gasteiger partial charge on any atom is -0.465 e. The van der Waals surface area contributed by atoms with E-state index in [2.05, 4.69) is 4.74 Å². The van der Waals surface area contributed by atoms with Crippen LogP contribution in [0.5, 0.6) is 0 Å². The Bertz CT molecular complexity index is 627. The molecule has 1 heterocycles. The molecule has 0 aliphatic carbocycles. The molecule has 110 valence electrons. The summed E-state index contributed by atoms with van der Waals surface area (Å²) in [5.74, 6) is -0.544. The molecule has 0 unspecified atom stereocenters. The number of benzene rings is 1. The molecular weight excluding hydrogens is 280 g/mol. The predicted molar refractivity (Wildman–Crippen MR) is 73.9 cm³/mol. The molecule has 1 fully saturated rings. The molecule has 1 saturated heterocycles. The van der Waals surface area contributed by atoms with Crippen molar-refractivity contribution in [3.05, 3.63) is 29.3 Å². The van der Waals surface area contributed by atoms with Gasteiger partial charge in [0.15, 0.2) is 0 Å². The number of methoxy groups -OCH3 is 1. The molecule has 1 aliphatic rings. The average molecular weight is 298 g/mol. The van der Waals surface area contributed by atoms with E-state index >= 15 is 0 Å². The van der Waals surface area contributed by atoms with E-state index in [4.69, 9.17) is 5.73 Å². The molecule has 1 aromatic rings. The van der Waals surface area contributed by atoms with Gasteiger partial charge in [-0.3, -0.25) is 0 Å². The standard InChI is InChI=1S/C13H18N2O4S/c1-9-3-4-11(7-12(9)13(16)19-2)20(17,18)15-6-5-10(14)8-15/h3-4,7,10H,5-6,8,14H2,1-2H3/t10-/m1/s1. The SMILES string of the molecule is COC(=O)c1cc(S(=O)(=O)N2CC[C@@H](N)C2)ccc1C. The first kappa shape index (κ1) is 15.0. The molecule has 20 heavy (non-hydrogen) atoms. The van der Waals surface area contributed by atoms with Gasteiger partial charge in [-0.2, -0.15) is 4.31 Å². The monoisotopic (exact) mass is 298 g/mol. The number of nitrogens with two attached hydrogens (primary N) is 1. The van der Waals surface area contributed by atoms with Crippen molar-refractivity contribution in [1.29, 1.82) is 0 Å². The van der Waals surface area contributed by atoms with E-state index in [1.807, 2.05) is 0 Å². The van der Waals surface area contributed by atoms with Crippen molar-refractivity contribution in [3.8, 4) is 0 Å². The number of esters is 1. The first-order valence-corrected chi connectivity index (χ1v) is 7.75. The molecule has 2 rings (SSSR count). The van der Waals surface area contributed by atoms with Crippen LogP contribution in [0.4, 0.5) is 0 Å². The highest BCUT2D eigenvalue weighted by Crippen LogP contribution is 2.23. The normalized spacial score (nSPS) is 20.1. The van der Waals surface area contributed by atoms with Gasteiger partial charge in [-0.15, -0.1) is 0 Å². The van der Waals surface area contributed by atoms with Crippen molar-refractivity contribution in [3.63, 3.8) is 0 Å². The van der Waals surface area contributed by atoms with Gasteiger partial charge in [0.2, 0.25) is 10.0 Å². The Morgan fingerprint density at radius 3 is 2.70 bits per heavy atom. The maximum absolute atomic E-state index is 12.5. The Balaban J connectivity index is 2.40. The van der Waals surface area contributed by atoms with Crippen molar-refractivity contribution < 1.29 is 17.9 Å². The first-order chi connectivity index (χ1) is 9.36. The molecule has 1 aliphatic heterocycles. The van der Waals surface area contributed by atoms with Crippen LogP contribution >= 0.6 is 0 Å². The van der Waals surface area contributed by atoms with E-state index in [1.54, 1.807) is 13.0 Å². The number of hydrogen-bond donors (Lipinski definition) is 1. The maximum Gasteiger partial charge on any atom is 0.338 e. The Labute approximate surface area is 118 Å². The van der Waals surface area contributed by atoms with E-state index in [1.165, 1.54) is 23.5 Å². The van der Waals surface area contributed by atoms with Crippen LogP contribution in [-0.4, -0.2) is 44.9 Å². The van der Waals surface area contributed by atoms with Gasteiger partial charge in [-0.05, 0) is 31.0 Å². The molecule has 6 nitrogen and oxygen atoms in total. The smallest absolute Gasteiger partial charge is 0.338 e. The quantitative estimate of drug-likeness (QED) is 0.821. The highest BCUT2D eigenvalue weighted by molar-refractivity contribution is 7.89. The summed E-state index contributed by atoms with van der Waals surface area (Å²) in [5, 5.41) is 0. The predicted octanol–water partition coefficient (Wildman–Crippen LogP) is 0.503. The lowest BCUT2D eigenvalue weighted by atomic mass is 10.1. The van der Waals surface area contributed by atoms with Crippen molar-refractivity contribution >= 4 is 16.0 Å². The number of nitrogens with zero attached hydrogens (tertiary/aromatic N) is 1. The third kappa shape index (κ3) is 2.70. The average Bonchev–Trinajstić information content (AvgIpc) is 2.85. The number of ether oxygens (including phenoxy) is 1. The zero-order valence-corrected chi connectivity index (χ0v) is 12.3. The van der Waals surface area contributed by atoms with Crippen LogP contribution in [0.15, 0.2) is 23.1 Å². The van der Waals surface area contributed by atoms with Crippen LogP contribution in [0.1, 0.15) is 22.3 Å². The Kier molecular flexibility index (Phi) is 4.12. The summed E-state index contributed by atoms with van der Waals surface area (Å²) in [6, 6.07) is 4.34. The molecule has 0 radical (unpaired) electrons. The lowest BCUT2D eigenvalue weighted by Crippen LogP contribution is -2.32. The fourth-order valence-corrected chi connectivity index (χ4v) is 3.75. The number of hydrogen-bond acceptors (Lipinski definition) is 5. The van der Waals surface area contributed by atoms with E-state index in [0.29, 0.717) is 25.1 Å². The second-order valence-corrected chi connectivity index (χ2v) is 6.82. The highest BCUT2D eigenvalue weighted by Gasteiger charge is 2.31. The van der Waals surface area contributed by atoms with Crippen LogP contribution < -0.4 is 5.73 Å². The van der Waals surface area contributed by atoms with Gasteiger partial charge >= 0.3 is 5.97 Å². The van der Waals surface area contributed by atoms with E-state index in [-0.39, 0.29) is 16.5 Å². The maximum atomic E-state index is 12.5. The van der Waals surface area contributed by atoms with Crippen LogP contribution in [0.2, 0.25) is 0 Å².